The molecule has 2 rings (SSSR count). The maximum Gasteiger partial charge on any atom is 0.106 e. The molecule has 0 spiro atoms. The van der Waals surface area contributed by atoms with Crippen LogP contribution in [0.3, 0.4) is 0 Å². The molecule has 2 heterocycles. The number of aromatic amines is 1. The van der Waals surface area contributed by atoms with E-state index in [1.807, 2.05) is 12.4 Å². The second-order valence-electron chi connectivity index (χ2n) is 4.14. The van der Waals surface area contributed by atoms with Crippen molar-refractivity contribution in [3.05, 3.63) is 18.2 Å². The molecule has 0 saturated carbocycles. The average molecular weight is 208 g/mol. The molecule has 15 heavy (non-hydrogen) atoms. The number of nitrogens with one attached hydrogen (secondary N) is 3. The highest BCUT2D eigenvalue weighted by Gasteiger charge is 2.10. The zero-order valence-corrected chi connectivity index (χ0v) is 9.13. The summed E-state index contributed by atoms with van der Waals surface area (Å²) < 4.78 is 0. The first-order chi connectivity index (χ1) is 7.45. The molecule has 1 aromatic rings. The molecule has 0 radical (unpaired) electrons. The molecule has 1 aromatic heterocycles. The van der Waals surface area contributed by atoms with E-state index in [0.717, 1.165) is 31.8 Å². The first kappa shape index (κ1) is 10.6. The Morgan fingerprint density at radius 2 is 2.53 bits per heavy atom. The maximum absolute atomic E-state index is 4.20. The number of imidazole rings is 1. The van der Waals surface area contributed by atoms with Gasteiger partial charge in [-0.25, -0.2) is 4.98 Å². The molecule has 1 aliphatic heterocycles. The zero-order chi connectivity index (χ0) is 10.3. The predicted octanol–water partition coefficient (Wildman–Crippen LogP) is 0.684. The molecule has 0 aromatic carbocycles. The van der Waals surface area contributed by atoms with E-state index in [-0.39, 0.29) is 0 Å². The van der Waals surface area contributed by atoms with Crippen LogP contribution in [-0.2, 0) is 6.42 Å². The van der Waals surface area contributed by atoms with E-state index in [4.69, 9.17) is 0 Å². The quantitative estimate of drug-likeness (QED) is 0.624. The normalized spacial score (nSPS) is 21.7. The SMILES string of the molecule is c1c[nH]c(CCCNC2CCCNC2)n1. The van der Waals surface area contributed by atoms with Gasteiger partial charge < -0.3 is 15.6 Å². The molecule has 1 atom stereocenters. The van der Waals surface area contributed by atoms with Crippen molar-refractivity contribution < 1.29 is 0 Å². The van der Waals surface area contributed by atoms with Crippen molar-refractivity contribution in [1.82, 2.24) is 20.6 Å². The number of aryl methyl sites for hydroxylation is 1. The number of piperidine rings is 1. The number of hydrogen-bond donors (Lipinski definition) is 3. The summed E-state index contributed by atoms with van der Waals surface area (Å²) in [5, 5.41) is 6.99. The summed E-state index contributed by atoms with van der Waals surface area (Å²) in [6, 6.07) is 0.676. The van der Waals surface area contributed by atoms with Gasteiger partial charge in [-0.2, -0.15) is 0 Å². The van der Waals surface area contributed by atoms with E-state index in [1.165, 1.54) is 19.4 Å². The molecule has 1 unspecified atom stereocenters. The summed E-state index contributed by atoms with van der Waals surface area (Å²) in [6.45, 7) is 3.40. The van der Waals surface area contributed by atoms with Gasteiger partial charge in [-0.15, -0.1) is 0 Å². The summed E-state index contributed by atoms with van der Waals surface area (Å²) in [5.74, 6) is 1.10. The van der Waals surface area contributed by atoms with E-state index in [0.29, 0.717) is 6.04 Å². The van der Waals surface area contributed by atoms with Crippen LogP contribution < -0.4 is 10.6 Å². The Kier molecular flexibility index (Phi) is 4.17. The van der Waals surface area contributed by atoms with Gasteiger partial charge in [-0.3, -0.25) is 0 Å². The zero-order valence-electron chi connectivity index (χ0n) is 9.13. The fraction of sp³-hybridized carbons (Fsp3) is 0.727. The highest BCUT2D eigenvalue weighted by molar-refractivity contribution is 4.87. The van der Waals surface area contributed by atoms with Gasteiger partial charge in [-0.1, -0.05) is 0 Å². The van der Waals surface area contributed by atoms with Crippen LogP contribution in [0.25, 0.3) is 0 Å². The third-order valence-corrected chi connectivity index (χ3v) is 2.88. The molecular weight excluding hydrogens is 188 g/mol. The molecule has 4 heteroatoms. The first-order valence-electron chi connectivity index (χ1n) is 5.87. The lowest BCUT2D eigenvalue weighted by Crippen LogP contribution is -2.43. The summed E-state index contributed by atoms with van der Waals surface area (Å²) in [5.41, 5.74) is 0. The largest absolute Gasteiger partial charge is 0.349 e. The van der Waals surface area contributed by atoms with Gasteiger partial charge in [0.25, 0.3) is 0 Å². The van der Waals surface area contributed by atoms with E-state index in [2.05, 4.69) is 20.6 Å². The fourth-order valence-electron chi connectivity index (χ4n) is 2.02. The number of nitrogens with zero attached hydrogens (tertiary/aromatic N) is 1. The topological polar surface area (TPSA) is 52.7 Å². The van der Waals surface area contributed by atoms with E-state index >= 15 is 0 Å². The van der Waals surface area contributed by atoms with Crippen LogP contribution in [0.4, 0.5) is 0 Å². The summed E-state index contributed by atoms with van der Waals surface area (Å²) >= 11 is 0. The Balaban J connectivity index is 1.54. The molecule has 1 saturated heterocycles. The third-order valence-electron chi connectivity index (χ3n) is 2.88. The Labute approximate surface area is 90.9 Å². The summed E-state index contributed by atoms with van der Waals surface area (Å²) in [7, 11) is 0. The van der Waals surface area contributed by atoms with E-state index < -0.39 is 0 Å². The lowest BCUT2D eigenvalue weighted by molar-refractivity contribution is 0.388. The van der Waals surface area contributed by atoms with Crippen molar-refractivity contribution in [2.75, 3.05) is 19.6 Å². The van der Waals surface area contributed by atoms with Gasteiger partial charge in [0.15, 0.2) is 0 Å². The van der Waals surface area contributed by atoms with Crippen LogP contribution in [0, 0.1) is 0 Å². The molecule has 0 aliphatic carbocycles. The van der Waals surface area contributed by atoms with Crippen LogP contribution in [0.5, 0.6) is 0 Å². The smallest absolute Gasteiger partial charge is 0.106 e. The molecule has 84 valence electrons. The molecular formula is C11H20N4. The molecule has 3 N–H and O–H groups in total. The lowest BCUT2D eigenvalue weighted by atomic mass is 10.1. The fourth-order valence-corrected chi connectivity index (χ4v) is 2.02. The Morgan fingerprint density at radius 1 is 1.53 bits per heavy atom. The summed E-state index contributed by atoms with van der Waals surface area (Å²) in [6.07, 6.45) is 8.51. The number of rotatable bonds is 5. The molecule has 4 nitrogen and oxygen atoms in total. The van der Waals surface area contributed by atoms with Gasteiger partial charge in [-0.05, 0) is 32.4 Å². The van der Waals surface area contributed by atoms with Gasteiger partial charge in [0, 0.05) is 31.4 Å². The van der Waals surface area contributed by atoms with Gasteiger partial charge in [0.1, 0.15) is 5.82 Å². The monoisotopic (exact) mass is 208 g/mol. The van der Waals surface area contributed by atoms with Gasteiger partial charge >= 0.3 is 0 Å². The lowest BCUT2D eigenvalue weighted by Gasteiger charge is -2.23. The standard InChI is InChI=1S/C11H20N4/c1-3-10(9-12-5-1)13-6-2-4-11-14-7-8-15-11/h7-8,10,12-13H,1-6,9H2,(H,14,15). The van der Waals surface area contributed by atoms with E-state index in [1.54, 1.807) is 0 Å². The van der Waals surface area contributed by atoms with Crippen molar-refractivity contribution in [2.45, 2.75) is 31.7 Å². The van der Waals surface area contributed by atoms with Crippen molar-refractivity contribution >= 4 is 0 Å². The number of hydrogen-bond acceptors (Lipinski definition) is 3. The highest BCUT2D eigenvalue weighted by atomic mass is 15.0. The molecule has 1 aliphatic rings. The van der Waals surface area contributed by atoms with Crippen LogP contribution in [0.15, 0.2) is 12.4 Å². The number of aromatic nitrogens is 2. The molecule has 1 fully saturated rings. The van der Waals surface area contributed by atoms with Gasteiger partial charge in [0.2, 0.25) is 0 Å². The van der Waals surface area contributed by atoms with Gasteiger partial charge in [0.05, 0.1) is 0 Å². The second-order valence-corrected chi connectivity index (χ2v) is 4.14. The highest BCUT2D eigenvalue weighted by Crippen LogP contribution is 2.01. The van der Waals surface area contributed by atoms with Crippen LogP contribution >= 0.6 is 0 Å². The third kappa shape index (κ3) is 3.64. The number of H-pyrrole nitrogens is 1. The maximum atomic E-state index is 4.20. The van der Waals surface area contributed by atoms with Crippen LogP contribution in [-0.4, -0.2) is 35.6 Å². The minimum atomic E-state index is 0.676. The van der Waals surface area contributed by atoms with Crippen molar-refractivity contribution in [3.63, 3.8) is 0 Å². The van der Waals surface area contributed by atoms with Crippen molar-refractivity contribution in [3.8, 4) is 0 Å². The first-order valence-corrected chi connectivity index (χ1v) is 5.87. The minimum Gasteiger partial charge on any atom is -0.349 e. The Morgan fingerprint density at radius 3 is 3.27 bits per heavy atom. The predicted molar refractivity (Wildman–Crippen MR) is 60.8 cm³/mol. The van der Waals surface area contributed by atoms with Crippen molar-refractivity contribution in [1.29, 1.82) is 0 Å². The average Bonchev–Trinajstić information content (AvgIpc) is 2.79. The summed E-state index contributed by atoms with van der Waals surface area (Å²) in [4.78, 5) is 7.33. The van der Waals surface area contributed by atoms with Crippen LogP contribution in [0.2, 0.25) is 0 Å². The van der Waals surface area contributed by atoms with Crippen molar-refractivity contribution in [2.24, 2.45) is 0 Å². The Hall–Kier alpha value is -0.870. The second kappa shape index (κ2) is 5.88. The molecule has 0 bridgehead atoms. The Bertz CT molecular complexity index is 252. The minimum absolute atomic E-state index is 0.676. The van der Waals surface area contributed by atoms with Crippen LogP contribution in [0.1, 0.15) is 25.1 Å². The molecule has 0 amide bonds. The van der Waals surface area contributed by atoms with E-state index in [9.17, 15) is 0 Å².